The number of carbonyl (C=O) groups excluding carboxylic acids is 2. The first kappa shape index (κ1) is 57.3. The van der Waals surface area contributed by atoms with E-state index in [2.05, 4.69) is 74.7 Å². The first-order chi connectivity index (χ1) is 29.5. The molecular weight excluding hydrogens is 743 g/mol. The minimum atomic E-state index is -0.800. The van der Waals surface area contributed by atoms with Crippen molar-refractivity contribution in [2.45, 2.75) is 251 Å². The molecule has 0 fully saturated rings. The minimum absolute atomic E-state index is 0.0435. The van der Waals surface area contributed by atoms with Gasteiger partial charge in [-0.15, -0.1) is 0 Å². The van der Waals surface area contributed by atoms with Crippen molar-refractivity contribution in [2.75, 3.05) is 6.61 Å². The van der Waals surface area contributed by atoms with Crippen LogP contribution in [0.15, 0.2) is 72.9 Å². The van der Waals surface area contributed by atoms with E-state index in [1.165, 1.54) is 103 Å². The number of unbranched alkanes of at least 4 members (excludes halogenated alkanes) is 24. The van der Waals surface area contributed by atoms with E-state index in [0.717, 1.165) is 83.5 Å². The number of amides is 1. The third-order valence-corrected chi connectivity index (χ3v) is 11.1. The lowest BCUT2D eigenvalue weighted by Crippen LogP contribution is -2.46. The van der Waals surface area contributed by atoms with Gasteiger partial charge >= 0.3 is 5.97 Å². The molecule has 3 atom stereocenters. The number of carbonyl (C=O) groups is 2. The van der Waals surface area contributed by atoms with Crippen molar-refractivity contribution in [3.8, 4) is 0 Å². The van der Waals surface area contributed by atoms with E-state index in [1.807, 2.05) is 24.3 Å². The van der Waals surface area contributed by atoms with Crippen LogP contribution in [0.1, 0.15) is 233 Å². The van der Waals surface area contributed by atoms with E-state index >= 15 is 0 Å². The van der Waals surface area contributed by atoms with Crippen LogP contribution in [0.4, 0.5) is 0 Å². The molecule has 3 unspecified atom stereocenters. The van der Waals surface area contributed by atoms with E-state index in [4.69, 9.17) is 4.74 Å². The first-order valence-corrected chi connectivity index (χ1v) is 25.2. The van der Waals surface area contributed by atoms with Gasteiger partial charge < -0.3 is 20.3 Å². The van der Waals surface area contributed by atoms with Gasteiger partial charge in [0.25, 0.3) is 0 Å². The van der Waals surface area contributed by atoms with Crippen molar-refractivity contribution in [3.63, 3.8) is 0 Å². The molecule has 6 heteroatoms. The number of allylic oxidation sites excluding steroid dienone is 12. The van der Waals surface area contributed by atoms with Crippen LogP contribution in [-0.2, 0) is 14.3 Å². The summed E-state index contributed by atoms with van der Waals surface area (Å²) < 4.78 is 5.89. The van der Waals surface area contributed by atoms with Crippen molar-refractivity contribution in [2.24, 2.45) is 0 Å². The van der Waals surface area contributed by atoms with Crippen LogP contribution in [0.3, 0.4) is 0 Å². The maximum absolute atomic E-state index is 13.2. The highest BCUT2D eigenvalue weighted by Crippen LogP contribution is 2.17. The Bertz CT molecular complexity index is 1120. The molecule has 0 aliphatic carbocycles. The summed E-state index contributed by atoms with van der Waals surface area (Å²) in [5.41, 5.74) is 0. The number of aliphatic hydroxyl groups excluding tert-OH is 2. The summed E-state index contributed by atoms with van der Waals surface area (Å²) in [6, 6.07) is -0.717. The van der Waals surface area contributed by atoms with Crippen LogP contribution in [0, 0.1) is 0 Å². The summed E-state index contributed by atoms with van der Waals surface area (Å²) in [5.74, 6) is -0.535. The van der Waals surface area contributed by atoms with Crippen LogP contribution < -0.4 is 5.32 Å². The monoisotopic (exact) mass is 838 g/mol. The van der Waals surface area contributed by atoms with Gasteiger partial charge in [-0.3, -0.25) is 9.59 Å². The summed E-state index contributed by atoms with van der Waals surface area (Å²) in [6.07, 6.45) is 59.6. The molecule has 0 saturated heterocycles. The van der Waals surface area contributed by atoms with Gasteiger partial charge in [0.05, 0.1) is 25.2 Å². The van der Waals surface area contributed by atoms with E-state index in [0.29, 0.717) is 19.3 Å². The Hall–Kier alpha value is -2.70. The summed E-state index contributed by atoms with van der Waals surface area (Å²) in [6.45, 7) is 6.36. The second-order valence-electron chi connectivity index (χ2n) is 17.0. The Labute approximate surface area is 371 Å². The standard InChI is InChI=1S/C54H95NO5/c1-4-7-10-13-16-19-22-24-25-26-27-28-29-32-35-38-41-44-47-54(59)60-50(45-42-39-36-33-30-21-18-15-12-9-6-3)48-53(58)55-51(49-56)52(57)46-43-40-37-34-31-23-20-17-14-11-8-5-2/h10,13,16,19,22,24-28,33,36,50-52,56-57H,4-9,11-12,14-15,17-18,20-21,23,29-32,34-35,37-49H2,1-3H3,(H,55,58)/b13-10+,19-16+,24-22+,26-25+,28-27+,36-33-. The largest absolute Gasteiger partial charge is 0.462 e. The third-order valence-electron chi connectivity index (χ3n) is 11.1. The van der Waals surface area contributed by atoms with E-state index in [1.54, 1.807) is 0 Å². The zero-order valence-corrected chi connectivity index (χ0v) is 39.3. The number of hydrogen-bond acceptors (Lipinski definition) is 5. The highest BCUT2D eigenvalue weighted by Gasteiger charge is 2.24. The maximum atomic E-state index is 13.2. The number of esters is 1. The number of hydrogen-bond donors (Lipinski definition) is 3. The lowest BCUT2D eigenvalue weighted by atomic mass is 10.0. The van der Waals surface area contributed by atoms with Crippen LogP contribution in [0.25, 0.3) is 0 Å². The van der Waals surface area contributed by atoms with Crippen LogP contribution in [0.5, 0.6) is 0 Å². The molecule has 0 spiro atoms. The fourth-order valence-electron chi connectivity index (χ4n) is 7.28. The fourth-order valence-corrected chi connectivity index (χ4v) is 7.28. The molecule has 0 saturated carbocycles. The van der Waals surface area contributed by atoms with Crippen molar-refractivity contribution in [1.29, 1.82) is 0 Å². The number of aliphatic hydroxyl groups is 2. The molecule has 0 aliphatic heterocycles. The van der Waals surface area contributed by atoms with Crippen LogP contribution in [-0.4, -0.2) is 46.9 Å². The molecule has 0 rings (SSSR count). The Morgan fingerprint density at radius 2 is 0.917 bits per heavy atom. The predicted octanol–water partition coefficient (Wildman–Crippen LogP) is 15.0. The molecule has 0 heterocycles. The van der Waals surface area contributed by atoms with Gasteiger partial charge in [0, 0.05) is 6.42 Å². The van der Waals surface area contributed by atoms with Gasteiger partial charge in [-0.1, -0.05) is 229 Å². The SMILES string of the molecule is CCC/C=C/C=C/C=C/C=C/C=C/CCCCCCCC(=O)OC(CCC/C=C\CCCCCCCC)CC(=O)NC(CO)C(O)CCCCCCCCCCCCCC. The molecule has 0 aromatic heterocycles. The molecule has 0 bridgehead atoms. The second-order valence-corrected chi connectivity index (χ2v) is 17.0. The van der Waals surface area contributed by atoms with Crippen molar-refractivity contribution in [3.05, 3.63) is 72.9 Å². The Balaban J connectivity index is 4.63. The summed E-state index contributed by atoms with van der Waals surface area (Å²) in [7, 11) is 0. The lowest BCUT2D eigenvalue weighted by Gasteiger charge is -2.24. The van der Waals surface area contributed by atoms with Gasteiger partial charge in [0.1, 0.15) is 6.10 Å². The van der Waals surface area contributed by atoms with Gasteiger partial charge in [0.15, 0.2) is 0 Å². The van der Waals surface area contributed by atoms with Gasteiger partial charge in [-0.2, -0.15) is 0 Å². The van der Waals surface area contributed by atoms with Crippen molar-refractivity contribution in [1.82, 2.24) is 5.32 Å². The van der Waals surface area contributed by atoms with E-state index < -0.39 is 18.2 Å². The zero-order valence-electron chi connectivity index (χ0n) is 39.3. The lowest BCUT2D eigenvalue weighted by molar-refractivity contribution is -0.151. The van der Waals surface area contributed by atoms with E-state index in [9.17, 15) is 19.8 Å². The molecule has 0 aromatic carbocycles. The number of rotatable bonds is 44. The minimum Gasteiger partial charge on any atom is -0.462 e. The van der Waals surface area contributed by atoms with E-state index in [-0.39, 0.29) is 24.9 Å². The Kier molecular flexibility index (Phi) is 45.2. The fraction of sp³-hybridized carbons (Fsp3) is 0.741. The number of nitrogens with one attached hydrogen (secondary N) is 1. The summed E-state index contributed by atoms with van der Waals surface area (Å²) >= 11 is 0. The molecule has 0 aliphatic rings. The second kappa shape index (κ2) is 47.4. The topological polar surface area (TPSA) is 95.9 Å². The molecule has 0 radical (unpaired) electrons. The predicted molar refractivity (Wildman–Crippen MR) is 259 cm³/mol. The van der Waals surface area contributed by atoms with Gasteiger partial charge in [0.2, 0.25) is 5.91 Å². The zero-order chi connectivity index (χ0) is 43.8. The average molecular weight is 838 g/mol. The Morgan fingerprint density at radius 1 is 0.483 bits per heavy atom. The molecule has 6 nitrogen and oxygen atoms in total. The third kappa shape index (κ3) is 42.0. The highest BCUT2D eigenvalue weighted by molar-refractivity contribution is 5.77. The summed E-state index contributed by atoms with van der Waals surface area (Å²) in [4.78, 5) is 26.1. The highest BCUT2D eigenvalue weighted by atomic mass is 16.5. The van der Waals surface area contributed by atoms with Gasteiger partial charge in [-0.05, 0) is 64.2 Å². The molecule has 60 heavy (non-hydrogen) atoms. The van der Waals surface area contributed by atoms with Crippen LogP contribution in [0.2, 0.25) is 0 Å². The normalized spacial score (nSPS) is 13.9. The summed E-state index contributed by atoms with van der Waals surface area (Å²) in [5, 5.41) is 23.7. The van der Waals surface area contributed by atoms with Crippen molar-refractivity contribution >= 4 is 11.9 Å². The first-order valence-electron chi connectivity index (χ1n) is 25.2. The molecule has 3 N–H and O–H groups in total. The average Bonchev–Trinajstić information content (AvgIpc) is 3.24. The molecule has 346 valence electrons. The van der Waals surface area contributed by atoms with Crippen molar-refractivity contribution < 1.29 is 24.5 Å². The smallest absolute Gasteiger partial charge is 0.306 e. The van der Waals surface area contributed by atoms with Gasteiger partial charge in [-0.25, -0.2) is 0 Å². The Morgan fingerprint density at radius 3 is 1.43 bits per heavy atom. The molecule has 1 amide bonds. The molecular formula is C54H95NO5. The quantitative estimate of drug-likeness (QED) is 0.0246. The number of ether oxygens (including phenoxy) is 1. The molecule has 0 aromatic rings. The van der Waals surface area contributed by atoms with Crippen LogP contribution >= 0.6 is 0 Å². The maximum Gasteiger partial charge on any atom is 0.306 e.